The van der Waals surface area contributed by atoms with Gasteiger partial charge in [-0.3, -0.25) is 9.78 Å². The number of alkyl halides is 2. The maximum atomic E-state index is 15.1. The second kappa shape index (κ2) is 13.7. The molecule has 0 aliphatic heterocycles. The van der Waals surface area contributed by atoms with E-state index < -0.39 is 47.6 Å². The Hall–Kier alpha value is -5.47. The molecular formula is C34H23ClF4N4O3. The number of anilines is 1. The summed E-state index contributed by atoms with van der Waals surface area (Å²) in [5, 5.41) is 24.5. The smallest absolute Gasteiger partial charge is 0.326 e. The number of rotatable bonds is 10. The van der Waals surface area contributed by atoms with Crippen LogP contribution < -0.4 is 10.6 Å². The Balaban J connectivity index is 1.40. The average Bonchev–Trinajstić information content (AvgIpc) is 3.03. The predicted molar refractivity (Wildman–Crippen MR) is 165 cm³/mol. The fraction of sp³-hybridized carbons (Fsp3) is 0.118. The van der Waals surface area contributed by atoms with Crippen molar-refractivity contribution in [2.75, 3.05) is 5.32 Å². The highest BCUT2D eigenvalue weighted by atomic mass is 35.5. The van der Waals surface area contributed by atoms with E-state index in [2.05, 4.69) is 15.6 Å². The van der Waals surface area contributed by atoms with Crippen LogP contribution in [0.5, 0.6) is 0 Å². The van der Waals surface area contributed by atoms with Crippen molar-refractivity contribution < 1.29 is 32.3 Å². The number of pyridine rings is 1. The SMILES string of the molecule is N#Cc1ccc(-c2ccc(C[C@H](NC(=O)c3c(F)cc(NC(c4ccccc4)C(F)F)cc3F)C(=O)O)c3cccnc23)c(Cl)c1. The first-order valence-corrected chi connectivity index (χ1v) is 14.1. The van der Waals surface area contributed by atoms with Gasteiger partial charge >= 0.3 is 5.97 Å². The van der Waals surface area contributed by atoms with Crippen LogP contribution >= 0.6 is 11.6 Å². The Morgan fingerprint density at radius 2 is 1.63 bits per heavy atom. The van der Waals surface area contributed by atoms with E-state index in [-0.39, 0.29) is 17.7 Å². The molecule has 0 spiro atoms. The van der Waals surface area contributed by atoms with Crippen molar-refractivity contribution in [1.82, 2.24) is 10.3 Å². The van der Waals surface area contributed by atoms with Gasteiger partial charge in [-0.15, -0.1) is 0 Å². The molecular weight excluding hydrogens is 624 g/mol. The van der Waals surface area contributed by atoms with Crippen molar-refractivity contribution in [3.05, 3.63) is 130 Å². The number of hydrogen-bond donors (Lipinski definition) is 3. The first kappa shape index (κ1) is 31.9. The lowest BCUT2D eigenvalue weighted by molar-refractivity contribution is -0.139. The molecule has 0 bridgehead atoms. The van der Waals surface area contributed by atoms with Gasteiger partial charge in [-0.2, -0.15) is 5.26 Å². The van der Waals surface area contributed by atoms with Crippen LogP contribution in [0.2, 0.25) is 5.02 Å². The van der Waals surface area contributed by atoms with Crippen LogP contribution in [0.1, 0.15) is 33.1 Å². The number of halogens is 5. The van der Waals surface area contributed by atoms with Gasteiger partial charge in [0.1, 0.15) is 29.3 Å². The molecule has 1 amide bonds. The van der Waals surface area contributed by atoms with Gasteiger partial charge in [0.15, 0.2) is 0 Å². The third kappa shape index (κ3) is 6.77. The molecule has 1 unspecified atom stereocenters. The van der Waals surface area contributed by atoms with Crippen molar-refractivity contribution in [2.45, 2.75) is 24.9 Å². The molecule has 0 fully saturated rings. The molecule has 5 rings (SSSR count). The molecule has 0 aliphatic carbocycles. The van der Waals surface area contributed by atoms with Crippen LogP contribution in [0.3, 0.4) is 0 Å². The number of nitriles is 1. The standard InChI is InChI=1S/C34H23ClF4N4O3/c35-25-13-18(17-40)8-10-23(25)24-11-9-20(22-7-4-12-41-31(22)24)14-28(34(45)46)43-33(44)29-26(36)15-21(16-27(29)37)42-30(32(38)39)19-5-2-1-3-6-19/h1-13,15-16,28,30,32,42H,14H2,(H,43,44)(H,45,46)/t28-,30?/m0/s1. The number of aliphatic carboxylic acids is 1. The highest BCUT2D eigenvalue weighted by molar-refractivity contribution is 6.33. The fourth-order valence-corrected chi connectivity index (χ4v) is 5.37. The monoisotopic (exact) mass is 646 g/mol. The lowest BCUT2D eigenvalue weighted by Crippen LogP contribution is -2.43. The summed E-state index contributed by atoms with van der Waals surface area (Å²) in [5.74, 6) is -5.55. The molecule has 0 saturated heterocycles. The highest BCUT2D eigenvalue weighted by Crippen LogP contribution is 2.35. The highest BCUT2D eigenvalue weighted by Gasteiger charge is 2.28. The molecule has 4 aromatic carbocycles. The quantitative estimate of drug-likeness (QED) is 0.135. The number of fused-ring (bicyclic) bond motifs is 1. The lowest BCUT2D eigenvalue weighted by atomic mass is 9.94. The van der Waals surface area contributed by atoms with Crippen LogP contribution in [-0.2, 0) is 11.2 Å². The molecule has 46 heavy (non-hydrogen) atoms. The molecule has 0 radical (unpaired) electrons. The molecule has 7 nitrogen and oxygen atoms in total. The molecule has 232 valence electrons. The van der Waals surface area contributed by atoms with Crippen LogP contribution in [0, 0.1) is 23.0 Å². The van der Waals surface area contributed by atoms with Gasteiger partial charge in [-0.25, -0.2) is 22.4 Å². The van der Waals surface area contributed by atoms with Gasteiger partial charge in [0.05, 0.1) is 17.1 Å². The number of benzene rings is 4. The molecule has 1 heterocycles. The fourth-order valence-electron chi connectivity index (χ4n) is 5.09. The maximum absolute atomic E-state index is 15.1. The largest absolute Gasteiger partial charge is 0.480 e. The summed E-state index contributed by atoms with van der Waals surface area (Å²) in [5.41, 5.74) is 1.28. The Kier molecular flexibility index (Phi) is 9.49. The van der Waals surface area contributed by atoms with E-state index in [1.807, 2.05) is 6.07 Å². The Morgan fingerprint density at radius 1 is 0.935 bits per heavy atom. The van der Waals surface area contributed by atoms with E-state index in [0.29, 0.717) is 50.3 Å². The van der Waals surface area contributed by atoms with E-state index in [0.717, 1.165) is 0 Å². The van der Waals surface area contributed by atoms with Crippen LogP contribution in [0.15, 0.2) is 91.1 Å². The number of aromatic nitrogens is 1. The van der Waals surface area contributed by atoms with Crippen LogP contribution in [0.25, 0.3) is 22.0 Å². The Labute approximate surface area is 265 Å². The van der Waals surface area contributed by atoms with E-state index in [4.69, 9.17) is 16.9 Å². The molecule has 3 N–H and O–H groups in total. The topological polar surface area (TPSA) is 115 Å². The maximum Gasteiger partial charge on any atom is 0.326 e. The normalized spacial score (nSPS) is 12.4. The van der Waals surface area contributed by atoms with Gasteiger partial charge in [0.25, 0.3) is 12.3 Å². The summed E-state index contributed by atoms with van der Waals surface area (Å²) in [6, 6.07) is 19.2. The van der Waals surface area contributed by atoms with Crippen molar-refractivity contribution >= 4 is 40.1 Å². The van der Waals surface area contributed by atoms with Crippen molar-refractivity contribution in [3.63, 3.8) is 0 Å². The molecule has 12 heteroatoms. The summed E-state index contributed by atoms with van der Waals surface area (Å²) in [7, 11) is 0. The summed E-state index contributed by atoms with van der Waals surface area (Å²) in [6.45, 7) is 0. The Bertz CT molecular complexity index is 1960. The van der Waals surface area contributed by atoms with E-state index >= 15 is 8.78 Å². The van der Waals surface area contributed by atoms with Crippen LogP contribution in [0.4, 0.5) is 23.2 Å². The number of carboxylic acids is 1. The number of nitrogens with zero attached hydrogens (tertiary/aromatic N) is 2. The number of hydrogen-bond acceptors (Lipinski definition) is 5. The van der Waals surface area contributed by atoms with Gasteiger partial charge < -0.3 is 15.7 Å². The third-order valence-corrected chi connectivity index (χ3v) is 7.59. The molecule has 0 saturated carbocycles. The van der Waals surface area contributed by atoms with E-state index in [9.17, 15) is 23.5 Å². The number of carbonyl (C=O) groups excluding carboxylic acids is 1. The third-order valence-electron chi connectivity index (χ3n) is 7.28. The second-order valence-corrected chi connectivity index (χ2v) is 10.6. The zero-order valence-electron chi connectivity index (χ0n) is 23.6. The van der Waals surface area contributed by atoms with Crippen LogP contribution in [-0.4, -0.2) is 34.4 Å². The van der Waals surface area contributed by atoms with E-state index in [1.54, 1.807) is 54.6 Å². The van der Waals surface area contributed by atoms with Gasteiger partial charge in [-0.05, 0) is 41.5 Å². The second-order valence-electron chi connectivity index (χ2n) is 10.2. The van der Waals surface area contributed by atoms with Gasteiger partial charge in [0, 0.05) is 39.8 Å². The summed E-state index contributed by atoms with van der Waals surface area (Å²) in [6.07, 6.45) is -1.66. The number of nitrogens with one attached hydrogen (secondary N) is 2. The average molecular weight is 647 g/mol. The zero-order valence-corrected chi connectivity index (χ0v) is 24.4. The van der Waals surface area contributed by atoms with Gasteiger partial charge in [-0.1, -0.05) is 66.2 Å². The molecule has 5 aromatic rings. The Morgan fingerprint density at radius 3 is 2.26 bits per heavy atom. The molecule has 1 aromatic heterocycles. The first-order chi connectivity index (χ1) is 22.1. The van der Waals surface area contributed by atoms with Crippen molar-refractivity contribution in [1.29, 1.82) is 5.26 Å². The summed E-state index contributed by atoms with van der Waals surface area (Å²) in [4.78, 5) is 29.6. The van der Waals surface area contributed by atoms with E-state index in [1.165, 1.54) is 24.4 Å². The number of carbonyl (C=O) groups is 2. The zero-order chi connectivity index (χ0) is 33.0. The molecule has 0 aliphatic rings. The minimum absolute atomic E-state index is 0.181. The van der Waals surface area contributed by atoms with Crippen molar-refractivity contribution in [3.8, 4) is 17.2 Å². The summed E-state index contributed by atoms with van der Waals surface area (Å²) < 4.78 is 57.6. The minimum Gasteiger partial charge on any atom is -0.480 e. The molecule has 2 atom stereocenters. The first-order valence-electron chi connectivity index (χ1n) is 13.8. The number of amides is 1. The van der Waals surface area contributed by atoms with Crippen molar-refractivity contribution in [2.24, 2.45) is 0 Å². The number of carboxylic acid groups (broad SMARTS) is 1. The summed E-state index contributed by atoms with van der Waals surface area (Å²) >= 11 is 6.42. The minimum atomic E-state index is -2.92. The van der Waals surface area contributed by atoms with Gasteiger partial charge in [0.2, 0.25) is 0 Å². The lowest BCUT2D eigenvalue weighted by Gasteiger charge is -2.21. The predicted octanol–water partition coefficient (Wildman–Crippen LogP) is 7.55.